The van der Waals surface area contributed by atoms with Crippen LogP contribution in [0.15, 0.2) is 30.3 Å². The van der Waals surface area contributed by atoms with Crippen LogP contribution in [0, 0.1) is 5.92 Å². The zero-order chi connectivity index (χ0) is 16.9. The quantitative estimate of drug-likeness (QED) is 0.780. The molecule has 1 atom stereocenters. The first kappa shape index (κ1) is 16.1. The largest absolute Gasteiger partial charge is 0.466 e. The minimum atomic E-state index is -0.314. The number of nitrogens with zero attached hydrogens (tertiary/aromatic N) is 5. The smallest absolute Gasteiger partial charge is 0.310 e. The summed E-state index contributed by atoms with van der Waals surface area (Å²) in [7, 11) is 0. The molecule has 1 aliphatic heterocycles. The fourth-order valence-electron chi connectivity index (χ4n) is 2.73. The van der Waals surface area contributed by atoms with Crippen molar-refractivity contribution in [2.24, 2.45) is 5.92 Å². The summed E-state index contributed by atoms with van der Waals surface area (Å²) in [5, 5.41) is 11.9. The highest BCUT2D eigenvalue weighted by atomic mass is 16.5. The number of benzene rings is 1. The molecule has 0 spiro atoms. The highest BCUT2D eigenvalue weighted by molar-refractivity contribution is 5.90. The predicted octanol–water partition coefficient (Wildman–Crippen LogP) is 1.08. The zero-order valence-electron chi connectivity index (χ0n) is 13.5. The molecule has 1 aromatic carbocycles. The van der Waals surface area contributed by atoms with E-state index in [1.54, 1.807) is 11.8 Å². The molecule has 126 valence electrons. The van der Waals surface area contributed by atoms with Crippen molar-refractivity contribution in [1.82, 2.24) is 25.1 Å². The number of rotatable bonds is 4. The molecular weight excluding hydrogens is 310 g/mol. The van der Waals surface area contributed by atoms with Crippen LogP contribution in [-0.4, -0.2) is 56.7 Å². The van der Waals surface area contributed by atoms with Crippen LogP contribution in [0.2, 0.25) is 0 Å². The van der Waals surface area contributed by atoms with Gasteiger partial charge >= 0.3 is 5.97 Å². The second-order valence-electron chi connectivity index (χ2n) is 5.58. The molecule has 8 heteroatoms. The number of tetrazole rings is 1. The van der Waals surface area contributed by atoms with E-state index in [2.05, 4.69) is 15.4 Å². The molecule has 1 saturated heterocycles. The van der Waals surface area contributed by atoms with Gasteiger partial charge in [-0.25, -0.2) is 0 Å². The molecule has 1 aromatic heterocycles. The van der Waals surface area contributed by atoms with Gasteiger partial charge in [-0.2, -0.15) is 0 Å². The van der Waals surface area contributed by atoms with Gasteiger partial charge in [-0.05, 0) is 37.1 Å². The normalized spacial score (nSPS) is 17.5. The van der Waals surface area contributed by atoms with Gasteiger partial charge in [0.05, 0.1) is 18.2 Å². The number of carbonyl (C=O) groups is 2. The summed E-state index contributed by atoms with van der Waals surface area (Å²) < 4.78 is 5.05. The minimum absolute atomic E-state index is 0.0309. The third kappa shape index (κ3) is 3.42. The average Bonchev–Trinajstić information content (AvgIpc) is 3.12. The van der Waals surface area contributed by atoms with Gasteiger partial charge in [0.1, 0.15) is 0 Å². The highest BCUT2D eigenvalue weighted by Crippen LogP contribution is 2.19. The summed E-state index contributed by atoms with van der Waals surface area (Å²) in [6.45, 7) is 3.03. The fraction of sp³-hybridized carbons (Fsp3) is 0.438. The number of carbonyl (C=O) groups excluding carboxylic acids is 2. The summed E-state index contributed by atoms with van der Waals surface area (Å²) >= 11 is 0. The molecule has 0 aliphatic carbocycles. The van der Waals surface area contributed by atoms with Crippen molar-refractivity contribution < 1.29 is 14.3 Å². The van der Waals surface area contributed by atoms with Gasteiger partial charge in [0.25, 0.3) is 11.7 Å². The average molecular weight is 329 g/mol. The maximum Gasteiger partial charge on any atom is 0.310 e. The summed E-state index contributed by atoms with van der Waals surface area (Å²) in [6, 6.07) is 9.25. The second-order valence-corrected chi connectivity index (χ2v) is 5.58. The lowest BCUT2D eigenvalue weighted by molar-refractivity contribution is -0.149. The van der Waals surface area contributed by atoms with Crippen molar-refractivity contribution >= 4 is 11.9 Å². The third-order valence-electron chi connectivity index (χ3n) is 3.92. The van der Waals surface area contributed by atoms with Crippen molar-refractivity contribution in [3.8, 4) is 5.69 Å². The first-order chi connectivity index (χ1) is 11.7. The molecule has 0 N–H and O–H groups in total. The Hall–Kier alpha value is -2.77. The van der Waals surface area contributed by atoms with E-state index in [4.69, 9.17) is 4.74 Å². The molecule has 8 nitrogen and oxygen atoms in total. The summed E-state index contributed by atoms with van der Waals surface area (Å²) in [5.41, 5.74) is 0.729. The molecule has 1 fully saturated rings. The van der Waals surface area contributed by atoms with Crippen LogP contribution >= 0.6 is 0 Å². The zero-order valence-corrected chi connectivity index (χ0v) is 13.5. The SMILES string of the molecule is CCOC(=O)C1CCCN(C(=O)c2nnn(-c3ccccc3)n2)C1. The topological polar surface area (TPSA) is 90.2 Å². The van der Waals surface area contributed by atoms with E-state index < -0.39 is 0 Å². The summed E-state index contributed by atoms with van der Waals surface area (Å²) in [4.78, 5) is 27.4. The molecule has 2 heterocycles. The number of likely N-dealkylation sites (tertiary alicyclic amines) is 1. The van der Waals surface area contributed by atoms with Gasteiger partial charge in [-0.3, -0.25) is 9.59 Å². The number of hydrogen-bond donors (Lipinski definition) is 0. The van der Waals surface area contributed by atoms with E-state index in [0.717, 1.165) is 18.5 Å². The lowest BCUT2D eigenvalue weighted by Crippen LogP contribution is -2.43. The summed E-state index contributed by atoms with van der Waals surface area (Å²) in [6.07, 6.45) is 1.48. The number of hydrogen-bond acceptors (Lipinski definition) is 6. The van der Waals surface area contributed by atoms with Gasteiger partial charge < -0.3 is 9.64 Å². The second kappa shape index (κ2) is 7.20. The van der Waals surface area contributed by atoms with Crippen molar-refractivity contribution in [1.29, 1.82) is 0 Å². The number of ether oxygens (including phenoxy) is 1. The van der Waals surface area contributed by atoms with Crippen LogP contribution in [-0.2, 0) is 9.53 Å². The maximum atomic E-state index is 12.6. The van der Waals surface area contributed by atoms with Gasteiger partial charge in [0, 0.05) is 13.1 Å². The Morgan fingerprint density at radius 2 is 2.08 bits per heavy atom. The van der Waals surface area contributed by atoms with E-state index in [1.165, 1.54) is 4.80 Å². The molecule has 0 bridgehead atoms. The lowest BCUT2D eigenvalue weighted by Gasteiger charge is -2.30. The van der Waals surface area contributed by atoms with E-state index in [-0.39, 0.29) is 23.6 Å². The number of aromatic nitrogens is 4. The van der Waals surface area contributed by atoms with Crippen molar-refractivity contribution in [3.05, 3.63) is 36.2 Å². The molecule has 2 aromatic rings. The van der Waals surface area contributed by atoms with E-state index in [9.17, 15) is 9.59 Å². The van der Waals surface area contributed by atoms with Gasteiger partial charge in [-0.15, -0.1) is 15.0 Å². The molecule has 0 saturated carbocycles. The Bertz CT molecular complexity index is 716. The minimum Gasteiger partial charge on any atom is -0.466 e. The van der Waals surface area contributed by atoms with Crippen molar-refractivity contribution in [2.45, 2.75) is 19.8 Å². The van der Waals surface area contributed by atoms with E-state index in [1.807, 2.05) is 30.3 Å². The first-order valence-electron chi connectivity index (χ1n) is 8.00. The van der Waals surface area contributed by atoms with Crippen molar-refractivity contribution in [3.63, 3.8) is 0 Å². The number of para-hydroxylation sites is 1. The predicted molar refractivity (Wildman–Crippen MR) is 84.4 cm³/mol. The van der Waals surface area contributed by atoms with Crippen LogP contribution < -0.4 is 0 Å². The Kier molecular flexibility index (Phi) is 4.83. The van der Waals surface area contributed by atoms with Crippen LogP contribution in [0.1, 0.15) is 30.4 Å². The van der Waals surface area contributed by atoms with Gasteiger partial charge in [-0.1, -0.05) is 18.2 Å². The lowest BCUT2D eigenvalue weighted by atomic mass is 9.98. The highest BCUT2D eigenvalue weighted by Gasteiger charge is 2.31. The Morgan fingerprint density at radius 1 is 1.29 bits per heavy atom. The van der Waals surface area contributed by atoms with Crippen LogP contribution in [0.25, 0.3) is 5.69 Å². The molecule has 24 heavy (non-hydrogen) atoms. The molecule has 1 unspecified atom stereocenters. The Morgan fingerprint density at radius 3 is 2.83 bits per heavy atom. The summed E-state index contributed by atoms with van der Waals surface area (Å²) in [5.74, 6) is -0.822. The van der Waals surface area contributed by atoms with Crippen LogP contribution in [0.5, 0.6) is 0 Å². The van der Waals surface area contributed by atoms with Gasteiger partial charge in [0.15, 0.2) is 0 Å². The van der Waals surface area contributed by atoms with E-state index >= 15 is 0 Å². The third-order valence-corrected chi connectivity index (χ3v) is 3.92. The van der Waals surface area contributed by atoms with Gasteiger partial charge in [0.2, 0.25) is 0 Å². The molecule has 1 aliphatic rings. The van der Waals surface area contributed by atoms with Crippen molar-refractivity contribution in [2.75, 3.05) is 19.7 Å². The molecule has 1 amide bonds. The molecular formula is C16H19N5O3. The van der Waals surface area contributed by atoms with Crippen LogP contribution in [0.4, 0.5) is 0 Å². The Labute approximate surface area is 139 Å². The number of piperidine rings is 1. The Balaban J connectivity index is 1.70. The number of amides is 1. The maximum absolute atomic E-state index is 12.6. The van der Waals surface area contributed by atoms with Crippen LogP contribution in [0.3, 0.4) is 0 Å². The fourth-order valence-corrected chi connectivity index (χ4v) is 2.73. The standard InChI is InChI=1S/C16H19N5O3/c1-2-24-16(23)12-7-6-10-20(11-12)15(22)14-17-19-21(18-14)13-8-4-3-5-9-13/h3-5,8-9,12H,2,6-7,10-11H2,1H3. The first-order valence-corrected chi connectivity index (χ1v) is 8.00. The molecule has 3 rings (SSSR count). The monoisotopic (exact) mass is 329 g/mol. The molecule has 0 radical (unpaired) electrons. The van der Waals surface area contributed by atoms with E-state index in [0.29, 0.717) is 19.7 Å². The number of esters is 1.